The monoisotopic (exact) mass is 467 g/mol. The van der Waals surface area contributed by atoms with Crippen molar-refractivity contribution < 1.29 is 13.5 Å². The molecule has 1 fully saturated rings. The van der Waals surface area contributed by atoms with Crippen molar-refractivity contribution >= 4 is 5.82 Å². The number of aromatic nitrogens is 7. The first-order valence-corrected chi connectivity index (χ1v) is 10.8. The van der Waals surface area contributed by atoms with Crippen molar-refractivity contribution in [3.05, 3.63) is 48.4 Å². The van der Waals surface area contributed by atoms with Gasteiger partial charge >= 0.3 is 0 Å². The number of ether oxygens (including phenoxy) is 1. The lowest BCUT2D eigenvalue weighted by Crippen LogP contribution is -2.38. The maximum Gasteiger partial charge on any atom is 0.202 e. The van der Waals surface area contributed by atoms with Gasteiger partial charge in [-0.2, -0.15) is 14.2 Å². The quantitative estimate of drug-likeness (QED) is 0.476. The van der Waals surface area contributed by atoms with Gasteiger partial charge in [0.2, 0.25) is 5.82 Å². The summed E-state index contributed by atoms with van der Waals surface area (Å²) in [6, 6.07) is 4.50. The second-order valence-corrected chi connectivity index (χ2v) is 8.33. The number of nitrogens with zero attached hydrogens (tertiary/aromatic N) is 8. The van der Waals surface area contributed by atoms with E-state index in [0.29, 0.717) is 12.1 Å². The van der Waals surface area contributed by atoms with E-state index >= 15 is 4.39 Å². The molecule has 0 bridgehead atoms. The standard InChI is InChI=1S/C22H23F2N9O/c1-31-7-3-4-15(12-31)34-18-6-5-17(19(23)20(18)24)33-22(28-29-30-33)16-8-13(9-26-21(16)25)14-10-27-32(2)11-14/h5-6,8-11,15H,3-4,7,12H2,1-2H3,(H2,25,26). The highest BCUT2D eigenvalue weighted by atomic mass is 19.2. The number of benzene rings is 1. The molecule has 0 aliphatic carbocycles. The fraction of sp³-hybridized carbons (Fsp3) is 0.318. The summed E-state index contributed by atoms with van der Waals surface area (Å²) in [6.45, 7) is 1.61. The zero-order chi connectivity index (χ0) is 23.8. The highest BCUT2D eigenvalue weighted by molar-refractivity contribution is 5.76. The van der Waals surface area contributed by atoms with Gasteiger partial charge in [-0.25, -0.2) is 9.37 Å². The zero-order valence-corrected chi connectivity index (χ0v) is 18.7. The average molecular weight is 467 g/mol. The van der Waals surface area contributed by atoms with Crippen molar-refractivity contribution in [1.82, 2.24) is 39.9 Å². The first-order valence-electron chi connectivity index (χ1n) is 10.8. The Balaban J connectivity index is 1.49. The van der Waals surface area contributed by atoms with Crippen LogP contribution < -0.4 is 10.5 Å². The van der Waals surface area contributed by atoms with Crippen LogP contribution in [-0.2, 0) is 7.05 Å². The molecule has 34 heavy (non-hydrogen) atoms. The number of likely N-dealkylation sites (N-methyl/N-ethyl adjacent to an activating group) is 1. The van der Waals surface area contributed by atoms with E-state index in [1.54, 1.807) is 30.2 Å². The predicted octanol–water partition coefficient (Wildman–Crippen LogP) is 2.46. The first kappa shape index (κ1) is 21.9. The van der Waals surface area contributed by atoms with E-state index in [9.17, 15) is 4.39 Å². The lowest BCUT2D eigenvalue weighted by atomic mass is 10.1. The Kier molecular flexibility index (Phi) is 5.65. The second-order valence-electron chi connectivity index (χ2n) is 8.33. The van der Waals surface area contributed by atoms with Gasteiger partial charge in [-0.3, -0.25) is 4.68 Å². The lowest BCUT2D eigenvalue weighted by molar-refractivity contribution is 0.0995. The number of hydrogen-bond donors (Lipinski definition) is 1. The van der Waals surface area contributed by atoms with Crippen LogP contribution in [0.15, 0.2) is 36.8 Å². The van der Waals surface area contributed by atoms with Crippen molar-refractivity contribution in [1.29, 1.82) is 0 Å². The van der Waals surface area contributed by atoms with Gasteiger partial charge in [0, 0.05) is 37.1 Å². The van der Waals surface area contributed by atoms with Crippen LogP contribution in [0.25, 0.3) is 28.2 Å². The number of rotatable bonds is 5. The molecule has 10 nitrogen and oxygen atoms in total. The Morgan fingerprint density at radius 3 is 2.74 bits per heavy atom. The minimum Gasteiger partial charge on any atom is -0.486 e. The maximum absolute atomic E-state index is 15.2. The lowest BCUT2D eigenvalue weighted by Gasteiger charge is -2.30. The molecule has 3 aromatic heterocycles. The van der Waals surface area contributed by atoms with Crippen LogP contribution >= 0.6 is 0 Å². The van der Waals surface area contributed by atoms with Gasteiger partial charge in [0.05, 0.1) is 11.8 Å². The second kappa shape index (κ2) is 8.78. The van der Waals surface area contributed by atoms with Gasteiger partial charge in [0.25, 0.3) is 0 Å². The van der Waals surface area contributed by atoms with Gasteiger partial charge in [0.15, 0.2) is 17.4 Å². The summed E-state index contributed by atoms with van der Waals surface area (Å²) >= 11 is 0. The molecule has 1 aliphatic rings. The fourth-order valence-electron chi connectivity index (χ4n) is 4.07. The summed E-state index contributed by atoms with van der Waals surface area (Å²) in [7, 11) is 3.77. The molecule has 176 valence electrons. The molecular formula is C22H23F2N9O. The molecular weight excluding hydrogens is 444 g/mol. The Morgan fingerprint density at radius 2 is 1.97 bits per heavy atom. The molecule has 0 saturated carbocycles. The van der Waals surface area contributed by atoms with E-state index in [2.05, 4.69) is 30.5 Å². The average Bonchev–Trinajstić information content (AvgIpc) is 3.47. The molecule has 2 N–H and O–H groups in total. The van der Waals surface area contributed by atoms with Gasteiger partial charge in [-0.15, -0.1) is 5.10 Å². The van der Waals surface area contributed by atoms with E-state index in [1.165, 1.54) is 12.1 Å². The third-order valence-corrected chi connectivity index (χ3v) is 5.80. The van der Waals surface area contributed by atoms with Crippen LogP contribution in [0.3, 0.4) is 0 Å². The molecule has 5 rings (SSSR count). The normalized spacial score (nSPS) is 16.6. The number of nitrogens with two attached hydrogens (primary N) is 1. The zero-order valence-electron chi connectivity index (χ0n) is 18.7. The summed E-state index contributed by atoms with van der Waals surface area (Å²) in [6.07, 6.45) is 6.60. The number of nitrogen functional groups attached to an aromatic ring is 1. The van der Waals surface area contributed by atoms with Crippen LogP contribution in [-0.4, -0.2) is 66.1 Å². The third kappa shape index (κ3) is 4.07. The SMILES string of the molecule is CN1CCCC(Oc2ccc(-n3nnnc3-c3cc(-c4cnn(C)c4)cnc3N)c(F)c2F)C1. The molecule has 1 aliphatic heterocycles. The van der Waals surface area contributed by atoms with Crippen molar-refractivity contribution in [2.24, 2.45) is 7.05 Å². The number of likely N-dealkylation sites (tertiary alicyclic amines) is 1. The number of pyridine rings is 1. The number of tetrazole rings is 1. The van der Waals surface area contributed by atoms with E-state index < -0.39 is 11.6 Å². The number of aryl methyl sites for hydroxylation is 1. The van der Waals surface area contributed by atoms with Gasteiger partial charge in [-0.05, 0) is 55.1 Å². The Labute approximate surface area is 194 Å². The van der Waals surface area contributed by atoms with Crippen molar-refractivity contribution in [3.8, 4) is 34.0 Å². The highest BCUT2D eigenvalue weighted by Crippen LogP contribution is 2.32. The van der Waals surface area contributed by atoms with E-state index in [0.717, 1.165) is 35.2 Å². The molecule has 1 aromatic carbocycles. The Bertz CT molecular complexity index is 1340. The topological polar surface area (TPSA) is 113 Å². The Morgan fingerprint density at radius 1 is 1.12 bits per heavy atom. The van der Waals surface area contributed by atoms with Crippen LogP contribution in [0, 0.1) is 11.6 Å². The molecule has 4 aromatic rings. The van der Waals surface area contributed by atoms with Crippen molar-refractivity contribution in [2.45, 2.75) is 18.9 Å². The summed E-state index contributed by atoms with van der Waals surface area (Å²) in [5.74, 6) is -2.09. The smallest absolute Gasteiger partial charge is 0.202 e. The maximum atomic E-state index is 15.2. The molecule has 12 heteroatoms. The molecule has 0 amide bonds. The van der Waals surface area contributed by atoms with Crippen LogP contribution in [0.5, 0.6) is 5.75 Å². The van der Waals surface area contributed by atoms with E-state index in [4.69, 9.17) is 10.5 Å². The molecule has 1 unspecified atom stereocenters. The number of piperidine rings is 1. The fourth-order valence-corrected chi connectivity index (χ4v) is 4.07. The van der Waals surface area contributed by atoms with Crippen LogP contribution in [0.4, 0.5) is 14.6 Å². The number of anilines is 1. The minimum absolute atomic E-state index is 0.122. The molecule has 1 atom stereocenters. The van der Waals surface area contributed by atoms with E-state index in [-0.39, 0.29) is 29.2 Å². The largest absolute Gasteiger partial charge is 0.486 e. The van der Waals surface area contributed by atoms with Crippen LogP contribution in [0.2, 0.25) is 0 Å². The predicted molar refractivity (Wildman–Crippen MR) is 120 cm³/mol. The third-order valence-electron chi connectivity index (χ3n) is 5.80. The van der Waals surface area contributed by atoms with Gasteiger partial charge in [0.1, 0.15) is 17.6 Å². The number of halogens is 2. The summed E-state index contributed by atoms with van der Waals surface area (Å²) in [5.41, 5.74) is 7.82. The molecule has 0 spiro atoms. The number of hydrogen-bond acceptors (Lipinski definition) is 8. The van der Waals surface area contributed by atoms with Gasteiger partial charge < -0.3 is 15.4 Å². The van der Waals surface area contributed by atoms with Gasteiger partial charge in [-0.1, -0.05) is 0 Å². The summed E-state index contributed by atoms with van der Waals surface area (Å²) in [4.78, 5) is 6.32. The highest BCUT2D eigenvalue weighted by Gasteiger charge is 2.25. The minimum atomic E-state index is -1.12. The molecule has 0 radical (unpaired) electrons. The van der Waals surface area contributed by atoms with E-state index in [1.807, 2.05) is 13.2 Å². The molecule has 4 heterocycles. The summed E-state index contributed by atoms with van der Waals surface area (Å²) in [5, 5.41) is 15.7. The Hall–Kier alpha value is -3.93. The van der Waals surface area contributed by atoms with Crippen molar-refractivity contribution in [3.63, 3.8) is 0 Å². The van der Waals surface area contributed by atoms with Crippen LogP contribution in [0.1, 0.15) is 12.8 Å². The summed E-state index contributed by atoms with van der Waals surface area (Å²) < 4.78 is 38.6. The molecule has 1 saturated heterocycles. The first-order chi connectivity index (χ1) is 16.4. The van der Waals surface area contributed by atoms with Crippen molar-refractivity contribution in [2.75, 3.05) is 25.9 Å².